The molecular formula is C30H28F3NO6S2. The normalized spacial score (nSPS) is 12.5. The average Bonchev–Trinajstić information content (AvgIpc) is 3.37. The number of benzene rings is 3. The zero-order chi connectivity index (χ0) is 30.9. The van der Waals surface area contributed by atoms with Crippen molar-refractivity contribution in [2.75, 3.05) is 5.75 Å². The van der Waals surface area contributed by atoms with Crippen molar-refractivity contribution in [3.63, 3.8) is 0 Å². The lowest BCUT2D eigenvalue weighted by Gasteiger charge is -2.23. The fourth-order valence-corrected chi connectivity index (χ4v) is 7.36. The molecule has 0 radical (unpaired) electrons. The maximum absolute atomic E-state index is 13.8. The first-order valence-corrected chi connectivity index (χ1v) is 15.8. The summed E-state index contributed by atoms with van der Waals surface area (Å²) in [6.45, 7) is 4.05. The number of rotatable bonds is 10. The Kier molecular flexibility index (Phi) is 8.81. The standard InChI is InChI=1S/C30H28F3NO6S2/c1-20-7-13-28(21(2)15-20)42(38,39)34(18-26-12-14-29(40-26)30(31,32)33)17-23-8-10-24(11-9-23)25-5-4-6-27(16-25)41(36,37)19-22(3)35/h4-16H,17-19H2,1-3H3. The van der Waals surface area contributed by atoms with Gasteiger partial charge in [-0.25, -0.2) is 16.8 Å². The van der Waals surface area contributed by atoms with E-state index in [-0.39, 0.29) is 22.1 Å². The molecule has 42 heavy (non-hydrogen) atoms. The van der Waals surface area contributed by atoms with Crippen LogP contribution >= 0.6 is 0 Å². The fourth-order valence-electron chi connectivity index (χ4n) is 4.47. The molecule has 0 aliphatic heterocycles. The Balaban J connectivity index is 1.66. The summed E-state index contributed by atoms with van der Waals surface area (Å²) in [5.74, 6) is -2.48. The Morgan fingerprint density at radius 3 is 2.12 bits per heavy atom. The van der Waals surface area contributed by atoms with Crippen LogP contribution in [0.2, 0.25) is 0 Å². The van der Waals surface area contributed by atoms with Crippen LogP contribution < -0.4 is 0 Å². The van der Waals surface area contributed by atoms with Crippen LogP contribution in [0.4, 0.5) is 13.2 Å². The predicted molar refractivity (Wildman–Crippen MR) is 151 cm³/mol. The molecule has 0 N–H and O–H groups in total. The molecule has 12 heteroatoms. The topological polar surface area (TPSA) is 102 Å². The van der Waals surface area contributed by atoms with Gasteiger partial charge in [0.05, 0.1) is 16.3 Å². The van der Waals surface area contributed by atoms with Gasteiger partial charge in [0.25, 0.3) is 0 Å². The highest BCUT2D eigenvalue weighted by atomic mass is 32.2. The van der Waals surface area contributed by atoms with Crippen molar-refractivity contribution in [1.82, 2.24) is 4.31 Å². The summed E-state index contributed by atoms with van der Waals surface area (Å²) < 4.78 is 97.9. The van der Waals surface area contributed by atoms with Gasteiger partial charge in [-0.05, 0) is 73.4 Å². The summed E-state index contributed by atoms with van der Waals surface area (Å²) in [4.78, 5) is 11.4. The molecule has 1 aromatic heterocycles. The lowest BCUT2D eigenvalue weighted by atomic mass is 10.0. The first kappa shape index (κ1) is 31.2. The van der Waals surface area contributed by atoms with Gasteiger partial charge in [0.2, 0.25) is 15.8 Å². The molecule has 0 fully saturated rings. The number of ketones is 1. The summed E-state index contributed by atoms with van der Waals surface area (Å²) >= 11 is 0. The number of furan rings is 1. The molecule has 7 nitrogen and oxygen atoms in total. The number of nitrogens with zero attached hydrogens (tertiary/aromatic N) is 1. The highest BCUT2D eigenvalue weighted by molar-refractivity contribution is 7.92. The number of carbonyl (C=O) groups is 1. The van der Waals surface area contributed by atoms with Crippen LogP contribution in [-0.2, 0) is 43.9 Å². The van der Waals surface area contributed by atoms with Crippen LogP contribution in [0.1, 0.15) is 35.1 Å². The molecular weight excluding hydrogens is 591 g/mol. The van der Waals surface area contributed by atoms with Crippen molar-refractivity contribution in [3.05, 3.63) is 107 Å². The molecule has 4 aromatic rings. The summed E-state index contributed by atoms with van der Waals surface area (Å²) in [6.07, 6.45) is -4.71. The third kappa shape index (κ3) is 7.18. The number of halogens is 3. The lowest BCUT2D eigenvalue weighted by Crippen LogP contribution is -2.30. The largest absolute Gasteiger partial charge is 0.455 e. The van der Waals surface area contributed by atoms with Crippen LogP contribution in [0, 0.1) is 13.8 Å². The van der Waals surface area contributed by atoms with Crippen molar-refractivity contribution in [3.8, 4) is 11.1 Å². The molecule has 0 saturated heterocycles. The zero-order valence-electron chi connectivity index (χ0n) is 23.0. The summed E-state index contributed by atoms with van der Waals surface area (Å²) in [6, 6.07) is 19.5. The predicted octanol–water partition coefficient (Wildman–Crippen LogP) is 6.34. The van der Waals surface area contributed by atoms with E-state index in [1.165, 1.54) is 25.1 Å². The Labute approximate surface area is 242 Å². The van der Waals surface area contributed by atoms with E-state index in [0.29, 0.717) is 22.3 Å². The number of sulfonamides is 1. The van der Waals surface area contributed by atoms with E-state index in [2.05, 4.69) is 0 Å². The zero-order valence-corrected chi connectivity index (χ0v) is 24.6. The Bertz CT molecular complexity index is 1830. The number of aryl methyl sites for hydroxylation is 2. The van der Waals surface area contributed by atoms with Gasteiger partial charge in [-0.15, -0.1) is 0 Å². The third-order valence-corrected chi connectivity index (χ3v) is 10.2. The van der Waals surface area contributed by atoms with Crippen LogP contribution in [0.3, 0.4) is 0 Å². The van der Waals surface area contributed by atoms with Crippen LogP contribution in [0.25, 0.3) is 11.1 Å². The Morgan fingerprint density at radius 1 is 0.833 bits per heavy atom. The van der Waals surface area contributed by atoms with Crippen LogP contribution in [0.15, 0.2) is 93.1 Å². The minimum atomic E-state index is -4.71. The van der Waals surface area contributed by atoms with E-state index in [4.69, 9.17) is 4.42 Å². The van der Waals surface area contributed by atoms with Gasteiger partial charge in [-0.2, -0.15) is 17.5 Å². The second kappa shape index (κ2) is 11.9. The van der Waals surface area contributed by atoms with Gasteiger partial charge < -0.3 is 4.42 Å². The summed E-state index contributed by atoms with van der Waals surface area (Å²) in [5, 5.41) is 0. The molecule has 3 aromatic carbocycles. The highest BCUT2D eigenvalue weighted by Crippen LogP contribution is 2.32. The summed E-state index contributed by atoms with van der Waals surface area (Å²) in [7, 11) is -7.97. The number of sulfone groups is 1. The van der Waals surface area contributed by atoms with E-state index in [0.717, 1.165) is 22.0 Å². The summed E-state index contributed by atoms with van der Waals surface area (Å²) in [5.41, 5.74) is 3.09. The Hall–Kier alpha value is -3.74. The molecule has 0 bridgehead atoms. The molecule has 0 spiro atoms. The number of carbonyl (C=O) groups excluding carboxylic acids is 1. The number of hydrogen-bond donors (Lipinski definition) is 0. The SMILES string of the molecule is CC(=O)CS(=O)(=O)c1cccc(-c2ccc(CN(Cc3ccc(C(F)(F)F)o3)S(=O)(=O)c3ccc(C)cc3C)cc2)c1. The first-order valence-electron chi connectivity index (χ1n) is 12.7. The monoisotopic (exact) mass is 619 g/mol. The minimum Gasteiger partial charge on any atom is -0.455 e. The molecule has 0 aliphatic carbocycles. The number of hydrogen-bond acceptors (Lipinski definition) is 6. The number of Topliss-reactive ketones (excluding diaryl/α,β-unsaturated/α-hetero) is 1. The molecule has 0 aliphatic rings. The van der Waals surface area contributed by atoms with Crippen molar-refractivity contribution in [2.45, 2.75) is 49.8 Å². The second-order valence-electron chi connectivity index (χ2n) is 9.99. The van der Waals surface area contributed by atoms with Crippen LogP contribution in [0.5, 0.6) is 0 Å². The maximum atomic E-state index is 13.8. The van der Waals surface area contributed by atoms with Crippen molar-refractivity contribution in [1.29, 1.82) is 0 Å². The molecule has 0 unspecified atom stereocenters. The van der Waals surface area contributed by atoms with E-state index in [1.54, 1.807) is 55.5 Å². The van der Waals surface area contributed by atoms with Crippen molar-refractivity contribution < 1.29 is 39.2 Å². The smallest absolute Gasteiger partial charge is 0.449 e. The van der Waals surface area contributed by atoms with Gasteiger partial charge >= 0.3 is 6.18 Å². The number of alkyl halides is 3. The van der Waals surface area contributed by atoms with Gasteiger partial charge in [0.1, 0.15) is 17.3 Å². The molecule has 0 amide bonds. The molecule has 0 saturated carbocycles. The van der Waals surface area contributed by atoms with Gasteiger partial charge in [0, 0.05) is 6.54 Å². The fraction of sp³-hybridized carbons (Fsp3) is 0.233. The van der Waals surface area contributed by atoms with E-state index in [1.807, 2.05) is 6.92 Å². The first-order chi connectivity index (χ1) is 19.6. The second-order valence-corrected chi connectivity index (χ2v) is 13.9. The molecule has 0 atom stereocenters. The quantitative estimate of drug-likeness (QED) is 0.206. The maximum Gasteiger partial charge on any atom is 0.449 e. The average molecular weight is 620 g/mol. The molecule has 222 valence electrons. The van der Waals surface area contributed by atoms with E-state index in [9.17, 15) is 34.8 Å². The van der Waals surface area contributed by atoms with E-state index < -0.39 is 49.9 Å². The van der Waals surface area contributed by atoms with Gasteiger partial charge in [-0.1, -0.05) is 54.1 Å². The van der Waals surface area contributed by atoms with Gasteiger partial charge in [-0.3, -0.25) is 4.79 Å². The lowest BCUT2D eigenvalue weighted by molar-refractivity contribution is -0.153. The van der Waals surface area contributed by atoms with Crippen molar-refractivity contribution >= 4 is 25.6 Å². The van der Waals surface area contributed by atoms with E-state index >= 15 is 0 Å². The third-order valence-electron chi connectivity index (χ3n) is 6.45. The Morgan fingerprint density at radius 2 is 1.52 bits per heavy atom. The van der Waals surface area contributed by atoms with Gasteiger partial charge in [0.15, 0.2) is 9.84 Å². The highest BCUT2D eigenvalue weighted by Gasteiger charge is 2.35. The molecule has 1 heterocycles. The molecule has 4 rings (SSSR count). The van der Waals surface area contributed by atoms with Crippen molar-refractivity contribution in [2.24, 2.45) is 0 Å². The van der Waals surface area contributed by atoms with Crippen LogP contribution in [-0.4, -0.2) is 32.7 Å². The minimum absolute atomic E-state index is 0.00156.